The van der Waals surface area contributed by atoms with Crippen molar-refractivity contribution < 1.29 is 4.42 Å². The minimum Gasteiger partial charge on any atom is -0.459 e. The second kappa shape index (κ2) is 6.63. The number of nitrogens with two attached hydrogens (primary N) is 1. The van der Waals surface area contributed by atoms with E-state index >= 15 is 0 Å². The Morgan fingerprint density at radius 2 is 2.00 bits per heavy atom. The minimum atomic E-state index is 0.120. The van der Waals surface area contributed by atoms with Crippen LogP contribution in [0.5, 0.6) is 0 Å². The van der Waals surface area contributed by atoms with Gasteiger partial charge >= 0.3 is 0 Å². The van der Waals surface area contributed by atoms with Gasteiger partial charge in [-0.05, 0) is 44.0 Å². The van der Waals surface area contributed by atoms with E-state index < -0.39 is 0 Å². The van der Waals surface area contributed by atoms with Crippen LogP contribution in [-0.2, 0) is 0 Å². The first-order chi connectivity index (χ1) is 9.96. The Kier molecular flexibility index (Phi) is 5.07. The van der Waals surface area contributed by atoms with Crippen LogP contribution in [-0.4, -0.2) is 24.5 Å². The topological polar surface area (TPSA) is 42.4 Å². The summed E-state index contributed by atoms with van der Waals surface area (Å²) in [5, 5.41) is 1.17. The number of benzene rings is 1. The molecule has 1 aromatic heterocycles. The number of hydrogen-bond acceptors (Lipinski definition) is 3. The first kappa shape index (κ1) is 16.1. The highest BCUT2D eigenvalue weighted by atomic mass is 16.3. The van der Waals surface area contributed by atoms with Crippen molar-refractivity contribution in [2.24, 2.45) is 11.1 Å². The molecule has 116 valence electrons. The van der Waals surface area contributed by atoms with Gasteiger partial charge in [0.15, 0.2) is 0 Å². The highest BCUT2D eigenvalue weighted by molar-refractivity contribution is 5.77. The highest BCUT2D eigenvalue weighted by Gasteiger charge is 2.25. The van der Waals surface area contributed by atoms with Crippen molar-refractivity contribution in [3.63, 3.8) is 0 Å². The minimum absolute atomic E-state index is 0.120. The lowest BCUT2D eigenvalue weighted by molar-refractivity contribution is 0.129. The zero-order valence-electron chi connectivity index (χ0n) is 13.7. The lowest BCUT2D eigenvalue weighted by atomic mass is 9.92. The van der Waals surface area contributed by atoms with Crippen molar-refractivity contribution in [3.05, 3.63) is 36.1 Å². The van der Waals surface area contributed by atoms with E-state index in [9.17, 15) is 0 Å². The highest BCUT2D eigenvalue weighted by Crippen LogP contribution is 2.29. The Labute approximate surface area is 128 Å². The molecule has 0 aliphatic rings. The summed E-state index contributed by atoms with van der Waals surface area (Å²) >= 11 is 0. The predicted octanol–water partition coefficient (Wildman–Crippen LogP) is 4.19. The van der Waals surface area contributed by atoms with Gasteiger partial charge in [-0.1, -0.05) is 39.0 Å². The number of rotatable bonds is 7. The maximum absolute atomic E-state index is 6.03. The van der Waals surface area contributed by atoms with Crippen LogP contribution in [0.1, 0.15) is 45.9 Å². The standard InChI is InChI=1S/C18H28N2O/c1-5-10-20(13-18(3,4)12-19)14(2)17-11-15-8-6-7-9-16(15)21-17/h6-9,11,14H,5,10,12-13,19H2,1-4H3. The van der Waals surface area contributed by atoms with E-state index in [-0.39, 0.29) is 11.5 Å². The van der Waals surface area contributed by atoms with Gasteiger partial charge in [-0.15, -0.1) is 0 Å². The van der Waals surface area contributed by atoms with Gasteiger partial charge in [0.25, 0.3) is 0 Å². The predicted molar refractivity (Wildman–Crippen MR) is 89.3 cm³/mol. The van der Waals surface area contributed by atoms with Gasteiger partial charge in [0.1, 0.15) is 11.3 Å². The fourth-order valence-corrected chi connectivity index (χ4v) is 2.70. The number of fused-ring (bicyclic) bond motifs is 1. The molecule has 0 spiro atoms. The molecule has 0 saturated carbocycles. The van der Waals surface area contributed by atoms with Crippen molar-refractivity contribution in [1.82, 2.24) is 4.90 Å². The molecule has 0 aliphatic heterocycles. The van der Waals surface area contributed by atoms with Crippen LogP contribution >= 0.6 is 0 Å². The molecule has 0 bridgehead atoms. The van der Waals surface area contributed by atoms with Crippen molar-refractivity contribution in [1.29, 1.82) is 0 Å². The van der Waals surface area contributed by atoms with Crippen molar-refractivity contribution in [2.45, 2.75) is 40.2 Å². The molecule has 1 unspecified atom stereocenters. The zero-order chi connectivity index (χ0) is 15.5. The maximum atomic E-state index is 6.03. The summed E-state index contributed by atoms with van der Waals surface area (Å²) < 4.78 is 6.03. The molecule has 1 atom stereocenters. The Hall–Kier alpha value is -1.32. The summed E-state index contributed by atoms with van der Waals surface area (Å²) in [6.07, 6.45) is 1.13. The average molecular weight is 288 g/mol. The molecule has 0 radical (unpaired) electrons. The molecule has 2 aromatic rings. The summed E-state index contributed by atoms with van der Waals surface area (Å²) in [6, 6.07) is 10.6. The Balaban J connectivity index is 2.22. The van der Waals surface area contributed by atoms with Gasteiger partial charge in [0.05, 0.1) is 6.04 Å². The van der Waals surface area contributed by atoms with Crippen molar-refractivity contribution in [2.75, 3.05) is 19.6 Å². The number of para-hydroxylation sites is 1. The van der Waals surface area contributed by atoms with Gasteiger partial charge in [-0.25, -0.2) is 0 Å². The lowest BCUT2D eigenvalue weighted by Gasteiger charge is -2.35. The fraction of sp³-hybridized carbons (Fsp3) is 0.556. The SMILES string of the molecule is CCCN(CC(C)(C)CN)C(C)c1cc2ccccc2o1. The van der Waals surface area contributed by atoms with Crippen LogP contribution in [0.25, 0.3) is 11.0 Å². The summed E-state index contributed by atoms with van der Waals surface area (Å²) in [5.41, 5.74) is 6.99. The zero-order valence-corrected chi connectivity index (χ0v) is 13.7. The van der Waals surface area contributed by atoms with Crippen LogP contribution in [0, 0.1) is 5.41 Å². The van der Waals surface area contributed by atoms with Crippen molar-refractivity contribution >= 4 is 11.0 Å². The molecule has 0 fully saturated rings. The largest absolute Gasteiger partial charge is 0.459 e. The van der Waals surface area contributed by atoms with Crippen LogP contribution in [0.4, 0.5) is 0 Å². The van der Waals surface area contributed by atoms with Crippen LogP contribution in [0.2, 0.25) is 0 Å². The molecule has 21 heavy (non-hydrogen) atoms. The average Bonchev–Trinajstić information content (AvgIpc) is 2.89. The molecule has 2 rings (SSSR count). The fourth-order valence-electron chi connectivity index (χ4n) is 2.70. The first-order valence-electron chi connectivity index (χ1n) is 7.89. The van der Waals surface area contributed by atoms with Gasteiger partial charge < -0.3 is 10.2 Å². The number of hydrogen-bond donors (Lipinski definition) is 1. The molecule has 2 N–H and O–H groups in total. The van der Waals surface area contributed by atoms with Gasteiger partial charge in [-0.3, -0.25) is 4.90 Å². The third-order valence-electron chi connectivity index (χ3n) is 4.10. The second-order valence-corrected chi connectivity index (χ2v) is 6.70. The van der Waals surface area contributed by atoms with E-state index in [0.29, 0.717) is 6.54 Å². The quantitative estimate of drug-likeness (QED) is 0.830. The van der Waals surface area contributed by atoms with Crippen LogP contribution < -0.4 is 5.73 Å². The molecule has 0 saturated heterocycles. The van der Waals surface area contributed by atoms with Crippen molar-refractivity contribution in [3.8, 4) is 0 Å². The molecule has 3 heteroatoms. The van der Waals surface area contributed by atoms with E-state index in [1.165, 1.54) is 5.39 Å². The number of nitrogens with zero attached hydrogens (tertiary/aromatic N) is 1. The summed E-state index contributed by atoms with van der Waals surface area (Å²) in [6.45, 7) is 11.6. The summed E-state index contributed by atoms with van der Waals surface area (Å²) in [4.78, 5) is 2.48. The van der Waals surface area contributed by atoms with Crippen LogP contribution in [0.3, 0.4) is 0 Å². The maximum Gasteiger partial charge on any atom is 0.134 e. The molecule has 0 aliphatic carbocycles. The van der Waals surface area contributed by atoms with E-state index in [1.54, 1.807) is 0 Å². The first-order valence-corrected chi connectivity index (χ1v) is 7.89. The monoisotopic (exact) mass is 288 g/mol. The molecular weight excluding hydrogens is 260 g/mol. The van der Waals surface area contributed by atoms with Gasteiger partial charge in [-0.2, -0.15) is 0 Å². The van der Waals surface area contributed by atoms with E-state index in [1.807, 2.05) is 18.2 Å². The third kappa shape index (κ3) is 3.86. The Bertz CT molecular complexity index is 540. The molecule has 0 amide bonds. The third-order valence-corrected chi connectivity index (χ3v) is 4.10. The molecule has 3 nitrogen and oxygen atoms in total. The molecule has 1 heterocycles. The Morgan fingerprint density at radius 3 is 2.62 bits per heavy atom. The normalized spacial score (nSPS) is 14.0. The van der Waals surface area contributed by atoms with Gasteiger partial charge in [0.2, 0.25) is 0 Å². The van der Waals surface area contributed by atoms with E-state index in [2.05, 4.69) is 44.7 Å². The Morgan fingerprint density at radius 1 is 1.29 bits per heavy atom. The smallest absolute Gasteiger partial charge is 0.134 e. The number of furan rings is 1. The summed E-state index contributed by atoms with van der Waals surface area (Å²) in [5.74, 6) is 1.04. The summed E-state index contributed by atoms with van der Waals surface area (Å²) in [7, 11) is 0. The van der Waals surface area contributed by atoms with Gasteiger partial charge in [0, 0.05) is 11.9 Å². The van der Waals surface area contributed by atoms with E-state index in [4.69, 9.17) is 10.2 Å². The molecule has 1 aromatic carbocycles. The lowest BCUT2D eigenvalue weighted by Crippen LogP contribution is -2.40. The molecular formula is C18H28N2O. The second-order valence-electron chi connectivity index (χ2n) is 6.70. The van der Waals surface area contributed by atoms with E-state index in [0.717, 1.165) is 30.9 Å². The van der Waals surface area contributed by atoms with Crippen LogP contribution in [0.15, 0.2) is 34.7 Å².